The van der Waals surface area contributed by atoms with E-state index in [0.29, 0.717) is 35.5 Å². The minimum absolute atomic E-state index is 0.206. The Labute approximate surface area is 201 Å². The van der Waals surface area contributed by atoms with E-state index in [0.717, 1.165) is 29.7 Å². The van der Waals surface area contributed by atoms with E-state index >= 15 is 0 Å². The summed E-state index contributed by atoms with van der Waals surface area (Å²) in [6, 6.07) is 15.6. The molecular formula is C27H24FN3O4. The molecule has 0 saturated heterocycles. The molecule has 8 heteroatoms. The number of ether oxygens (including phenoxy) is 2. The predicted molar refractivity (Wildman–Crippen MR) is 127 cm³/mol. The van der Waals surface area contributed by atoms with Crippen LogP contribution in [0.5, 0.6) is 11.5 Å². The molecular weight excluding hydrogens is 449 g/mol. The molecule has 0 bridgehead atoms. The Balaban J connectivity index is 1.26. The number of furan rings is 1. The third-order valence-corrected chi connectivity index (χ3v) is 6.58. The first-order chi connectivity index (χ1) is 17.2. The molecule has 1 aliphatic carbocycles. The van der Waals surface area contributed by atoms with Crippen LogP contribution in [-0.4, -0.2) is 22.3 Å². The number of aromatic nitrogens is 2. The number of hydrogen-bond acceptors (Lipinski definition) is 5. The molecule has 0 atom stereocenters. The molecule has 1 aliphatic heterocycles. The lowest BCUT2D eigenvalue weighted by molar-refractivity contribution is 0.0924. The topological polar surface area (TPSA) is 78.5 Å². The van der Waals surface area contributed by atoms with E-state index in [1.165, 1.54) is 25.0 Å². The van der Waals surface area contributed by atoms with Crippen molar-refractivity contribution in [3.05, 3.63) is 78.1 Å². The summed E-state index contributed by atoms with van der Waals surface area (Å²) in [6.07, 6.45) is 6.29. The van der Waals surface area contributed by atoms with E-state index in [1.54, 1.807) is 24.3 Å². The molecule has 1 saturated carbocycles. The lowest BCUT2D eigenvalue weighted by atomic mass is 10.1. The molecule has 4 aromatic rings. The van der Waals surface area contributed by atoms with Gasteiger partial charge in [0.25, 0.3) is 5.91 Å². The van der Waals surface area contributed by atoms with Crippen LogP contribution in [0.4, 0.5) is 4.39 Å². The van der Waals surface area contributed by atoms with Gasteiger partial charge in [0.05, 0.1) is 12.0 Å². The van der Waals surface area contributed by atoms with Crippen LogP contribution in [0.15, 0.2) is 65.3 Å². The molecule has 178 valence electrons. The van der Waals surface area contributed by atoms with E-state index in [9.17, 15) is 9.18 Å². The van der Waals surface area contributed by atoms with Crippen molar-refractivity contribution in [2.45, 2.75) is 38.3 Å². The van der Waals surface area contributed by atoms with E-state index < -0.39 is 0 Å². The standard InChI is InChI=1S/C27H24FN3O4/c28-19-8-6-18(7-9-19)25-26(31(15-30-25)20-3-1-2-4-20)22-11-12-23(35-22)27(32)29-14-17-5-10-21-24(13-17)34-16-33-21/h5-13,15,20H,1-4,14,16H2,(H,29,32). The summed E-state index contributed by atoms with van der Waals surface area (Å²) in [5, 5.41) is 2.89. The quantitative estimate of drug-likeness (QED) is 0.387. The highest BCUT2D eigenvalue weighted by atomic mass is 19.1. The Hall–Kier alpha value is -4.07. The molecule has 1 amide bonds. The number of benzene rings is 2. The van der Waals surface area contributed by atoms with Gasteiger partial charge in [0.2, 0.25) is 6.79 Å². The second kappa shape index (κ2) is 8.94. The zero-order valence-corrected chi connectivity index (χ0v) is 19.0. The lowest BCUT2D eigenvalue weighted by Gasteiger charge is -2.15. The van der Waals surface area contributed by atoms with E-state index in [4.69, 9.17) is 13.9 Å². The summed E-state index contributed by atoms with van der Waals surface area (Å²) in [5.74, 6) is 1.53. The van der Waals surface area contributed by atoms with Crippen LogP contribution >= 0.6 is 0 Å². The molecule has 2 aromatic carbocycles. The first-order valence-corrected chi connectivity index (χ1v) is 11.8. The summed E-state index contributed by atoms with van der Waals surface area (Å²) in [5.41, 5.74) is 3.20. The maximum atomic E-state index is 13.5. The number of halogens is 1. The smallest absolute Gasteiger partial charge is 0.287 e. The lowest BCUT2D eigenvalue weighted by Crippen LogP contribution is -2.22. The van der Waals surface area contributed by atoms with Gasteiger partial charge in [-0.2, -0.15) is 0 Å². The summed E-state index contributed by atoms with van der Waals surface area (Å²) >= 11 is 0. The van der Waals surface area contributed by atoms with Crippen LogP contribution in [0.3, 0.4) is 0 Å². The Morgan fingerprint density at radius 2 is 1.83 bits per heavy atom. The van der Waals surface area contributed by atoms with Gasteiger partial charge in [-0.1, -0.05) is 18.9 Å². The van der Waals surface area contributed by atoms with Gasteiger partial charge in [0, 0.05) is 18.2 Å². The van der Waals surface area contributed by atoms with Gasteiger partial charge >= 0.3 is 0 Å². The third kappa shape index (κ3) is 4.16. The van der Waals surface area contributed by atoms with Crippen LogP contribution < -0.4 is 14.8 Å². The first-order valence-electron chi connectivity index (χ1n) is 11.8. The number of rotatable bonds is 6. The number of amides is 1. The average molecular weight is 474 g/mol. The van der Waals surface area contributed by atoms with Crippen molar-refractivity contribution in [2.75, 3.05) is 6.79 Å². The van der Waals surface area contributed by atoms with Crippen LogP contribution in [0.25, 0.3) is 22.7 Å². The third-order valence-electron chi connectivity index (χ3n) is 6.58. The van der Waals surface area contributed by atoms with Gasteiger partial charge in [0.15, 0.2) is 23.0 Å². The molecule has 1 N–H and O–H groups in total. The predicted octanol–water partition coefficient (Wildman–Crippen LogP) is 5.72. The number of nitrogens with one attached hydrogen (secondary N) is 1. The van der Waals surface area contributed by atoms with Crippen molar-refractivity contribution in [1.82, 2.24) is 14.9 Å². The number of nitrogens with zero attached hydrogens (tertiary/aromatic N) is 2. The Kier molecular flexibility index (Phi) is 5.48. The molecule has 3 heterocycles. The molecule has 0 spiro atoms. The highest BCUT2D eigenvalue weighted by molar-refractivity contribution is 5.92. The zero-order valence-electron chi connectivity index (χ0n) is 19.0. The van der Waals surface area contributed by atoms with Crippen molar-refractivity contribution < 1.29 is 23.1 Å². The van der Waals surface area contributed by atoms with Crippen molar-refractivity contribution in [1.29, 1.82) is 0 Å². The Bertz CT molecular complexity index is 1370. The summed E-state index contributed by atoms with van der Waals surface area (Å²) < 4.78 is 32.4. The fourth-order valence-corrected chi connectivity index (χ4v) is 4.79. The van der Waals surface area contributed by atoms with Crippen LogP contribution in [-0.2, 0) is 6.54 Å². The fourth-order valence-electron chi connectivity index (χ4n) is 4.79. The average Bonchev–Trinajstić information content (AvgIpc) is 3.67. The Morgan fingerprint density at radius 3 is 2.66 bits per heavy atom. The van der Waals surface area contributed by atoms with E-state index in [-0.39, 0.29) is 24.3 Å². The number of carbonyl (C=O) groups is 1. The minimum Gasteiger partial charge on any atom is -0.454 e. The van der Waals surface area contributed by atoms with Gasteiger partial charge in [-0.3, -0.25) is 4.79 Å². The number of hydrogen-bond donors (Lipinski definition) is 1. The van der Waals surface area contributed by atoms with E-state index in [1.807, 2.05) is 24.5 Å². The highest BCUT2D eigenvalue weighted by Crippen LogP contribution is 2.39. The first kappa shape index (κ1) is 21.5. The van der Waals surface area contributed by atoms with Crippen LogP contribution in [0.2, 0.25) is 0 Å². The second-order valence-electron chi connectivity index (χ2n) is 8.83. The van der Waals surface area contributed by atoms with Crippen LogP contribution in [0.1, 0.15) is 47.8 Å². The molecule has 2 aromatic heterocycles. The zero-order chi connectivity index (χ0) is 23.8. The molecule has 2 aliphatic rings. The molecule has 0 radical (unpaired) electrons. The molecule has 1 fully saturated rings. The normalized spacial score (nSPS) is 15.0. The van der Waals surface area contributed by atoms with Crippen molar-refractivity contribution >= 4 is 5.91 Å². The fraction of sp³-hybridized carbons (Fsp3) is 0.259. The summed E-state index contributed by atoms with van der Waals surface area (Å²) in [7, 11) is 0. The SMILES string of the molecule is O=C(NCc1ccc2c(c1)OCO2)c1ccc(-c2c(-c3ccc(F)cc3)ncn2C2CCCC2)o1. The van der Waals surface area contributed by atoms with Gasteiger partial charge < -0.3 is 23.8 Å². The molecule has 35 heavy (non-hydrogen) atoms. The maximum absolute atomic E-state index is 13.5. The van der Waals surface area contributed by atoms with Crippen LogP contribution in [0, 0.1) is 5.82 Å². The van der Waals surface area contributed by atoms with Gasteiger partial charge in [-0.05, 0) is 66.9 Å². The van der Waals surface area contributed by atoms with Gasteiger partial charge in [-0.25, -0.2) is 9.37 Å². The highest BCUT2D eigenvalue weighted by Gasteiger charge is 2.26. The molecule has 0 unspecified atom stereocenters. The summed E-state index contributed by atoms with van der Waals surface area (Å²) in [6.45, 7) is 0.532. The largest absolute Gasteiger partial charge is 0.454 e. The minimum atomic E-state index is -0.316. The molecule has 6 rings (SSSR count). The van der Waals surface area contributed by atoms with Crippen molar-refractivity contribution in [2.24, 2.45) is 0 Å². The van der Waals surface area contributed by atoms with Crippen molar-refractivity contribution in [3.8, 4) is 34.2 Å². The molecule has 7 nitrogen and oxygen atoms in total. The van der Waals surface area contributed by atoms with Crippen molar-refractivity contribution in [3.63, 3.8) is 0 Å². The summed E-state index contributed by atoms with van der Waals surface area (Å²) in [4.78, 5) is 17.5. The van der Waals surface area contributed by atoms with Gasteiger partial charge in [-0.15, -0.1) is 0 Å². The maximum Gasteiger partial charge on any atom is 0.287 e. The Morgan fingerprint density at radius 1 is 1.03 bits per heavy atom. The van der Waals surface area contributed by atoms with Gasteiger partial charge in [0.1, 0.15) is 11.5 Å². The number of fused-ring (bicyclic) bond motifs is 1. The number of carbonyl (C=O) groups excluding carboxylic acids is 1. The monoisotopic (exact) mass is 473 g/mol. The van der Waals surface area contributed by atoms with E-state index in [2.05, 4.69) is 14.9 Å². The number of imidazole rings is 1. The second-order valence-corrected chi connectivity index (χ2v) is 8.83.